The number of carbonyl (C=O) groups excluding carboxylic acids is 1. The summed E-state index contributed by atoms with van der Waals surface area (Å²) in [4.78, 5) is 13.0. The Morgan fingerprint density at radius 3 is 2.55 bits per heavy atom. The number of rotatable bonds is 3. The molecule has 0 radical (unpaired) electrons. The Balaban J connectivity index is 2.73. The first-order valence-corrected chi connectivity index (χ1v) is 7.52. The van der Waals surface area contributed by atoms with Crippen LogP contribution in [0.15, 0.2) is 11.4 Å². The van der Waals surface area contributed by atoms with Gasteiger partial charge < -0.3 is 10.4 Å². The van der Waals surface area contributed by atoms with Crippen molar-refractivity contribution < 1.29 is 9.90 Å². The van der Waals surface area contributed by atoms with Gasteiger partial charge in [0.05, 0.1) is 10.4 Å². The Hall–Kier alpha value is -1.31. The fourth-order valence-electron chi connectivity index (χ4n) is 2.40. The predicted molar refractivity (Wildman–Crippen MR) is 83.9 cm³/mol. The van der Waals surface area contributed by atoms with E-state index < -0.39 is 0 Å². The maximum absolute atomic E-state index is 12.2. The molecule has 0 saturated carbocycles. The maximum atomic E-state index is 12.2. The van der Waals surface area contributed by atoms with Gasteiger partial charge in [0, 0.05) is 10.9 Å². The quantitative estimate of drug-likeness (QED) is 0.842. The van der Waals surface area contributed by atoms with E-state index in [0.717, 1.165) is 11.3 Å². The van der Waals surface area contributed by atoms with Gasteiger partial charge in [0.1, 0.15) is 6.61 Å². The number of carbonyl (C=O) groups is 1. The molecule has 0 atom stereocenters. The van der Waals surface area contributed by atoms with Crippen molar-refractivity contribution in [3.05, 3.63) is 21.9 Å². The highest BCUT2D eigenvalue weighted by Crippen LogP contribution is 2.27. The monoisotopic (exact) mass is 293 g/mol. The molecule has 0 aliphatic heterocycles. The summed E-state index contributed by atoms with van der Waals surface area (Å²) >= 11 is 1.41. The van der Waals surface area contributed by atoms with Gasteiger partial charge in [0.2, 0.25) is 0 Å². The Morgan fingerprint density at radius 1 is 1.35 bits per heavy atom. The number of aliphatic hydroxyl groups excluding tert-OH is 1. The zero-order chi connectivity index (χ0) is 15.4. The first-order chi connectivity index (χ1) is 9.13. The van der Waals surface area contributed by atoms with Crippen molar-refractivity contribution in [2.24, 2.45) is 5.41 Å². The minimum Gasteiger partial charge on any atom is -0.384 e. The van der Waals surface area contributed by atoms with Crippen LogP contribution >= 0.6 is 11.3 Å². The lowest BCUT2D eigenvalue weighted by Crippen LogP contribution is -2.45. The number of hydrogen-bond acceptors (Lipinski definition) is 3. The Kier molecular flexibility index (Phi) is 5.38. The van der Waals surface area contributed by atoms with Crippen LogP contribution in [-0.2, 0) is 0 Å². The summed E-state index contributed by atoms with van der Waals surface area (Å²) in [5.41, 5.74) is 0.524. The molecule has 110 valence electrons. The number of aliphatic hydroxyl groups is 1. The highest BCUT2D eigenvalue weighted by molar-refractivity contribution is 7.10. The largest absolute Gasteiger partial charge is 0.384 e. The topological polar surface area (TPSA) is 49.3 Å². The molecule has 0 aliphatic carbocycles. The van der Waals surface area contributed by atoms with E-state index in [2.05, 4.69) is 37.9 Å². The normalized spacial score (nSPS) is 11.7. The predicted octanol–water partition coefficient (Wildman–Crippen LogP) is 3.04. The van der Waals surface area contributed by atoms with E-state index >= 15 is 0 Å². The average Bonchev–Trinajstić information content (AvgIpc) is 2.70. The van der Waals surface area contributed by atoms with Gasteiger partial charge in [-0.1, -0.05) is 32.6 Å². The van der Waals surface area contributed by atoms with E-state index in [-0.39, 0.29) is 23.5 Å². The van der Waals surface area contributed by atoms with Crippen LogP contribution in [0, 0.1) is 17.3 Å². The molecule has 4 heteroatoms. The lowest BCUT2D eigenvalue weighted by atomic mass is 9.81. The molecule has 1 aromatic rings. The lowest BCUT2D eigenvalue weighted by molar-refractivity contribution is 0.0892. The van der Waals surface area contributed by atoms with Crippen molar-refractivity contribution in [3.8, 4) is 11.8 Å². The van der Waals surface area contributed by atoms with Gasteiger partial charge in [-0.15, -0.1) is 11.3 Å². The van der Waals surface area contributed by atoms with Gasteiger partial charge in [-0.2, -0.15) is 0 Å². The second-order valence-corrected chi connectivity index (χ2v) is 7.65. The van der Waals surface area contributed by atoms with Crippen molar-refractivity contribution in [2.45, 2.75) is 46.6 Å². The van der Waals surface area contributed by atoms with E-state index in [1.54, 1.807) is 11.4 Å². The molecule has 2 N–H and O–H groups in total. The SMILES string of the molecule is CC(C)(C)CC(C)(C)NC(=O)c1csc(C#CCO)c1. The van der Waals surface area contributed by atoms with Gasteiger partial charge in [0.25, 0.3) is 5.91 Å². The minimum absolute atomic E-state index is 0.0763. The first-order valence-electron chi connectivity index (χ1n) is 6.64. The molecule has 1 amide bonds. The summed E-state index contributed by atoms with van der Waals surface area (Å²) in [7, 11) is 0. The summed E-state index contributed by atoms with van der Waals surface area (Å²) in [6.07, 6.45) is 0.896. The van der Waals surface area contributed by atoms with Crippen LogP contribution < -0.4 is 5.32 Å². The number of hydrogen-bond donors (Lipinski definition) is 2. The third-order valence-corrected chi connectivity index (χ3v) is 3.42. The Bertz CT molecular complexity index is 527. The molecular formula is C16H23NO2S. The van der Waals surface area contributed by atoms with Crippen LogP contribution in [0.4, 0.5) is 0 Å². The van der Waals surface area contributed by atoms with Gasteiger partial charge in [-0.05, 0) is 31.7 Å². The smallest absolute Gasteiger partial charge is 0.252 e. The van der Waals surface area contributed by atoms with Gasteiger partial charge in [-0.25, -0.2) is 0 Å². The molecule has 20 heavy (non-hydrogen) atoms. The summed E-state index contributed by atoms with van der Waals surface area (Å²) in [5, 5.41) is 13.5. The summed E-state index contributed by atoms with van der Waals surface area (Å²) in [5.74, 6) is 5.31. The molecule has 1 rings (SSSR count). The van der Waals surface area contributed by atoms with Gasteiger partial charge in [0.15, 0.2) is 0 Å². The van der Waals surface area contributed by atoms with Crippen molar-refractivity contribution in [3.63, 3.8) is 0 Å². The van der Waals surface area contributed by atoms with Crippen molar-refractivity contribution in [1.29, 1.82) is 0 Å². The van der Waals surface area contributed by atoms with E-state index in [1.807, 2.05) is 13.8 Å². The molecule has 0 saturated heterocycles. The third-order valence-electron chi connectivity index (χ3n) is 2.58. The summed E-state index contributed by atoms with van der Waals surface area (Å²) < 4.78 is 0. The van der Waals surface area contributed by atoms with Crippen LogP contribution in [0.2, 0.25) is 0 Å². The van der Waals surface area contributed by atoms with Crippen LogP contribution in [0.5, 0.6) is 0 Å². The fraction of sp³-hybridized carbons (Fsp3) is 0.562. The molecule has 3 nitrogen and oxygen atoms in total. The molecular weight excluding hydrogens is 270 g/mol. The fourth-order valence-corrected chi connectivity index (χ4v) is 3.15. The van der Waals surface area contributed by atoms with Crippen LogP contribution in [0.25, 0.3) is 0 Å². The molecule has 1 heterocycles. The van der Waals surface area contributed by atoms with Crippen LogP contribution in [0.3, 0.4) is 0 Å². The highest BCUT2D eigenvalue weighted by atomic mass is 32.1. The number of nitrogens with one attached hydrogen (secondary N) is 1. The van der Waals surface area contributed by atoms with Crippen molar-refractivity contribution >= 4 is 17.2 Å². The third kappa shape index (κ3) is 5.77. The molecule has 0 unspecified atom stereocenters. The second kappa shape index (κ2) is 6.43. The Morgan fingerprint density at radius 2 is 2.00 bits per heavy atom. The molecule has 0 aliphatic rings. The van der Waals surface area contributed by atoms with Crippen molar-refractivity contribution in [2.75, 3.05) is 6.61 Å². The number of thiophene rings is 1. The van der Waals surface area contributed by atoms with E-state index in [4.69, 9.17) is 5.11 Å². The van der Waals surface area contributed by atoms with Gasteiger partial charge >= 0.3 is 0 Å². The van der Waals surface area contributed by atoms with Gasteiger partial charge in [-0.3, -0.25) is 4.79 Å². The van der Waals surface area contributed by atoms with Crippen LogP contribution in [0.1, 0.15) is 56.3 Å². The van der Waals surface area contributed by atoms with E-state index in [1.165, 1.54) is 11.3 Å². The Labute approximate surface area is 125 Å². The highest BCUT2D eigenvalue weighted by Gasteiger charge is 2.27. The molecule has 0 bridgehead atoms. The second-order valence-electron chi connectivity index (χ2n) is 6.73. The average molecular weight is 293 g/mol. The molecule has 0 fully saturated rings. The summed E-state index contributed by atoms with van der Waals surface area (Å²) in [6, 6.07) is 1.76. The van der Waals surface area contributed by atoms with E-state index in [9.17, 15) is 4.79 Å². The molecule has 1 aromatic heterocycles. The number of amides is 1. The standard InChI is InChI=1S/C16H23NO2S/c1-15(2,3)11-16(4,5)17-14(19)12-9-13(20-10-12)7-6-8-18/h9-10,18H,8,11H2,1-5H3,(H,17,19). The zero-order valence-corrected chi connectivity index (χ0v) is 13.6. The lowest BCUT2D eigenvalue weighted by Gasteiger charge is -2.33. The van der Waals surface area contributed by atoms with E-state index in [0.29, 0.717) is 5.56 Å². The zero-order valence-electron chi connectivity index (χ0n) is 12.8. The minimum atomic E-state index is -0.256. The summed E-state index contributed by atoms with van der Waals surface area (Å²) in [6.45, 7) is 10.4. The maximum Gasteiger partial charge on any atom is 0.252 e. The molecule has 0 aromatic carbocycles. The van der Waals surface area contributed by atoms with Crippen molar-refractivity contribution in [1.82, 2.24) is 5.32 Å². The first kappa shape index (κ1) is 16.7. The van der Waals surface area contributed by atoms with Crippen LogP contribution in [-0.4, -0.2) is 23.2 Å². The molecule has 0 spiro atoms.